The topological polar surface area (TPSA) is 21.3 Å². The van der Waals surface area contributed by atoms with E-state index in [0.29, 0.717) is 12.3 Å². The van der Waals surface area contributed by atoms with Crippen molar-refractivity contribution >= 4 is 5.69 Å². The second-order valence-corrected chi connectivity index (χ2v) is 3.20. The molecule has 0 atom stereocenters. The molecule has 1 rings (SSSR count). The summed E-state index contributed by atoms with van der Waals surface area (Å²) < 4.78 is 18.2. The second-order valence-electron chi connectivity index (χ2n) is 3.20. The van der Waals surface area contributed by atoms with E-state index in [-0.39, 0.29) is 5.82 Å². The zero-order valence-corrected chi connectivity index (χ0v) is 8.64. The Balaban J connectivity index is 2.49. The normalized spacial score (nSPS) is 10.2. The van der Waals surface area contributed by atoms with Crippen LogP contribution in [0.15, 0.2) is 18.2 Å². The molecule has 1 aromatic rings. The minimum Gasteiger partial charge on any atom is -0.385 e. The quantitative estimate of drug-likeness (QED) is 0.732. The van der Waals surface area contributed by atoms with Gasteiger partial charge in [-0.2, -0.15) is 0 Å². The summed E-state index contributed by atoms with van der Waals surface area (Å²) in [5.41, 5.74) is 1.53. The molecular weight excluding hydrogens is 181 g/mol. The number of anilines is 1. The number of methoxy groups -OCH3 is 1. The van der Waals surface area contributed by atoms with Gasteiger partial charge in [0.25, 0.3) is 0 Å². The average molecular weight is 197 g/mol. The lowest BCUT2D eigenvalue weighted by Gasteiger charge is -2.09. The van der Waals surface area contributed by atoms with Gasteiger partial charge < -0.3 is 10.1 Å². The van der Waals surface area contributed by atoms with E-state index < -0.39 is 0 Å². The van der Waals surface area contributed by atoms with E-state index in [2.05, 4.69) is 5.32 Å². The number of rotatable bonds is 5. The Morgan fingerprint density at radius 1 is 1.43 bits per heavy atom. The fourth-order valence-corrected chi connectivity index (χ4v) is 1.29. The van der Waals surface area contributed by atoms with Gasteiger partial charge in [-0.1, -0.05) is 12.1 Å². The molecule has 0 saturated heterocycles. The molecule has 0 saturated carbocycles. The summed E-state index contributed by atoms with van der Waals surface area (Å²) in [4.78, 5) is 0. The number of nitrogens with one attached hydrogen (secondary N) is 1. The first-order valence-electron chi connectivity index (χ1n) is 4.73. The summed E-state index contributed by atoms with van der Waals surface area (Å²) in [6.07, 6.45) is 0.879. The van der Waals surface area contributed by atoms with Gasteiger partial charge in [0.05, 0.1) is 5.69 Å². The van der Waals surface area contributed by atoms with Crippen LogP contribution in [0.2, 0.25) is 0 Å². The van der Waals surface area contributed by atoms with Crippen LogP contribution >= 0.6 is 0 Å². The monoisotopic (exact) mass is 197 g/mol. The Morgan fingerprint density at radius 3 is 2.86 bits per heavy atom. The molecule has 0 amide bonds. The van der Waals surface area contributed by atoms with Crippen molar-refractivity contribution in [2.24, 2.45) is 0 Å². The van der Waals surface area contributed by atoms with Gasteiger partial charge in [-0.3, -0.25) is 0 Å². The van der Waals surface area contributed by atoms with Gasteiger partial charge in [-0.05, 0) is 25.0 Å². The third-order valence-corrected chi connectivity index (χ3v) is 2.05. The summed E-state index contributed by atoms with van der Waals surface area (Å²) in [5, 5.41) is 3.06. The zero-order valence-electron chi connectivity index (χ0n) is 8.64. The van der Waals surface area contributed by atoms with Crippen LogP contribution in [-0.2, 0) is 4.74 Å². The van der Waals surface area contributed by atoms with Crippen LogP contribution in [0.5, 0.6) is 0 Å². The van der Waals surface area contributed by atoms with Crippen molar-refractivity contribution in [3.8, 4) is 0 Å². The summed E-state index contributed by atoms with van der Waals surface area (Å²) in [6.45, 7) is 3.32. The van der Waals surface area contributed by atoms with Crippen molar-refractivity contribution in [3.63, 3.8) is 0 Å². The van der Waals surface area contributed by atoms with Crippen LogP contribution < -0.4 is 5.32 Å². The number of ether oxygens (including phenoxy) is 1. The lowest BCUT2D eigenvalue weighted by molar-refractivity contribution is 0.197. The molecule has 0 radical (unpaired) electrons. The van der Waals surface area contributed by atoms with Crippen LogP contribution in [0.1, 0.15) is 12.0 Å². The first kappa shape index (κ1) is 11.0. The van der Waals surface area contributed by atoms with Crippen LogP contribution in [0.25, 0.3) is 0 Å². The zero-order chi connectivity index (χ0) is 10.4. The molecule has 0 bridgehead atoms. The standard InChI is InChI=1S/C11H16FNO/c1-9-5-3-6-10(12)11(9)13-7-4-8-14-2/h3,5-6,13H,4,7-8H2,1-2H3. The molecule has 78 valence electrons. The van der Waals surface area contributed by atoms with E-state index in [1.54, 1.807) is 13.2 Å². The third-order valence-electron chi connectivity index (χ3n) is 2.05. The largest absolute Gasteiger partial charge is 0.385 e. The molecule has 0 heterocycles. The molecule has 0 unspecified atom stereocenters. The van der Waals surface area contributed by atoms with Crippen LogP contribution in [0.4, 0.5) is 10.1 Å². The molecule has 0 aliphatic rings. The maximum Gasteiger partial charge on any atom is 0.146 e. The molecule has 0 fully saturated rings. The highest BCUT2D eigenvalue weighted by atomic mass is 19.1. The van der Waals surface area contributed by atoms with Crippen molar-refractivity contribution in [1.82, 2.24) is 0 Å². The highest BCUT2D eigenvalue weighted by Gasteiger charge is 2.02. The summed E-state index contributed by atoms with van der Waals surface area (Å²) in [7, 11) is 1.66. The summed E-state index contributed by atoms with van der Waals surface area (Å²) in [5.74, 6) is -0.192. The van der Waals surface area contributed by atoms with Gasteiger partial charge in [-0.25, -0.2) is 4.39 Å². The summed E-state index contributed by atoms with van der Waals surface area (Å²) in [6, 6.07) is 5.07. The predicted molar refractivity (Wildman–Crippen MR) is 56.1 cm³/mol. The molecule has 14 heavy (non-hydrogen) atoms. The van der Waals surface area contributed by atoms with Crippen molar-refractivity contribution in [2.75, 3.05) is 25.6 Å². The van der Waals surface area contributed by atoms with Crippen molar-refractivity contribution in [1.29, 1.82) is 0 Å². The van der Waals surface area contributed by atoms with Gasteiger partial charge in [0.15, 0.2) is 0 Å². The minimum atomic E-state index is -0.192. The first-order chi connectivity index (χ1) is 6.75. The average Bonchev–Trinajstić information content (AvgIpc) is 2.16. The summed E-state index contributed by atoms with van der Waals surface area (Å²) >= 11 is 0. The Bertz CT molecular complexity index is 268. The maximum atomic E-state index is 13.3. The van der Waals surface area contributed by atoms with Gasteiger partial charge in [0.1, 0.15) is 5.82 Å². The van der Waals surface area contributed by atoms with Crippen molar-refractivity contribution in [2.45, 2.75) is 13.3 Å². The van der Waals surface area contributed by atoms with Crippen LogP contribution in [0.3, 0.4) is 0 Å². The molecule has 0 spiro atoms. The number of hydrogen-bond acceptors (Lipinski definition) is 2. The van der Waals surface area contributed by atoms with E-state index in [1.165, 1.54) is 6.07 Å². The fourth-order valence-electron chi connectivity index (χ4n) is 1.29. The van der Waals surface area contributed by atoms with Gasteiger partial charge >= 0.3 is 0 Å². The lowest BCUT2D eigenvalue weighted by atomic mass is 10.2. The smallest absolute Gasteiger partial charge is 0.146 e. The fraction of sp³-hybridized carbons (Fsp3) is 0.455. The minimum absolute atomic E-state index is 0.192. The number of benzene rings is 1. The Hall–Kier alpha value is -1.09. The van der Waals surface area contributed by atoms with Gasteiger partial charge in [0.2, 0.25) is 0 Å². The van der Waals surface area contributed by atoms with E-state index in [9.17, 15) is 4.39 Å². The molecular formula is C11H16FNO. The highest BCUT2D eigenvalue weighted by Crippen LogP contribution is 2.18. The molecule has 1 aromatic carbocycles. The van der Waals surface area contributed by atoms with Crippen LogP contribution in [0, 0.1) is 12.7 Å². The second kappa shape index (κ2) is 5.60. The third kappa shape index (κ3) is 3.00. The van der Waals surface area contributed by atoms with Gasteiger partial charge in [0, 0.05) is 20.3 Å². The first-order valence-corrected chi connectivity index (χ1v) is 4.73. The van der Waals surface area contributed by atoms with Crippen molar-refractivity contribution in [3.05, 3.63) is 29.6 Å². The van der Waals surface area contributed by atoms with Crippen molar-refractivity contribution < 1.29 is 9.13 Å². The van der Waals surface area contributed by atoms with E-state index in [4.69, 9.17) is 4.74 Å². The van der Waals surface area contributed by atoms with Gasteiger partial charge in [-0.15, -0.1) is 0 Å². The maximum absolute atomic E-state index is 13.3. The Labute approximate surface area is 84.1 Å². The predicted octanol–water partition coefficient (Wildman–Crippen LogP) is 2.58. The number of halogens is 1. The molecule has 1 N–H and O–H groups in total. The van der Waals surface area contributed by atoms with Crippen LogP contribution in [-0.4, -0.2) is 20.3 Å². The molecule has 0 aliphatic carbocycles. The molecule has 0 aromatic heterocycles. The lowest BCUT2D eigenvalue weighted by Crippen LogP contribution is -2.07. The van der Waals surface area contributed by atoms with E-state index in [0.717, 1.165) is 18.5 Å². The molecule has 2 nitrogen and oxygen atoms in total. The highest BCUT2D eigenvalue weighted by molar-refractivity contribution is 5.51. The number of aryl methyl sites for hydroxylation is 1. The number of hydrogen-bond donors (Lipinski definition) is 1. The Morgan fingerprint density at radius 2 is 2.21 bits per heavy atom. The van der Waals surface area contributed by atoms with E-state index in [1.807, 2.05) is 13.0 Å². The SMILES string of the molecule is COCCCNc1c(C)cccc1F. The molecule has 0 aliphatic heterocycles. The van der Waals surface area contributed by atoms with E-state index >= 15 is 0 Å². The Kier molecular flexibility index (Phi) is 4.40. The number of para-hydroxylation sites is 1. The molecule has 3 heteroatoms.